The second-order valence-corrected chi connectivity index (χ2v) is 8.44. The smallest absolute Gasteiger partial charge is 0.390 e. The summed E-state index contributed by atoms with van der Waals surface area (Å²) in [5, 5.41) is 9.51. The molecule has 0 unspecified atom stereocenters. The number of carbonyl (C=O) groups is 1. The second kappa shape index (κ2) is 5.99. The summed E-state index contributed by atoms with van der Waals surface area (Å²) in [6.07, 6.45) is -2.91. The number of halogens is 3. The summed E-state index contributed by atoms with van der Waals surface area (Å²) in [5.74, 6) is -1.76. The Labute approximate surface area is 127 Å². The Hall–Kier alpha value is -0.830. The first-order chi connectivity index (χ1) is 10.0. The fourth-order valence-electron chi connectivity index (χ4n) is 3.00. The third-order valence-electron chi connectivity index (χ3n) is 4.41. The Bertz CT molecular complexity index is 530. The first kappa shape index (κ1) is 17.5. The minimum atomic E-state index is -4.54. The Kier molecular flexibility index (Phi) is 4.77. The standard InChI is InChI=1S/C13H20F3NO4S/c14-13(15,16)5-7-22(20,21)17-6-1-4-12(9-17,11(18)19)8-10-2-3-10/h10H,1-9H2,(H,18,19)/t12-/m0/s1. The molecule has 2 aliphatic rings. The third-order valence-corrected chi connectivity index (χ3v) is 6.23. The molecule has 1 saturated carbocycles. The minimum Gasteiger partial charge on any atom is -0.481 e. The molecule has 128 valence electrons. The lowest BCUT2D eigenvalue weighted by molar-refractivity contribution is -0.152. The fraction of sp³-hybridized carbons (Fsp3) is 0.923. The lowest BCUT2D eigenvalue weighted by Gasteiger charge is -2.39. The van der Waals surface area contributed by atoms with Gasteiger partial charge in [0.2, 0.25) is 10.0 Å². The van der Waals surface area contributed by atoms with Gasteiger partial charge in [0.25, 0.3) is 0 Å². The average molecular weight is 343 g/mol. The van der Waals surface area contributed by atoms with Gasteiger partial charge in [-0.15, -0.1) is 0 Å². The molecule has 1 N–H and O–H groups in total. The zero-order valence-corrected chi connectivity index (χ0v) is 12.9. The van der Waals surface area contributed by atoms with E-state index in [1.165, 1.54) is 0 Å². The zero-order valence-electron chi connectivity index (χ0n) is 12.1. The molecular weight excluding hydrogens is 323 g/mol. The van der Waals surface area contributed by atoms with E-state index in [9.17, 15) is 31.5 Å². The normalized spacial score (nSPS) is 27.8. The van der Waals surface area contributed by atoms with Crippen molar-refractivity contribution in [2.24, 2.45) is 11.3 Å². The van der Waals surface area contributed by atoms with Gasteiger partial charge in [0.15, 0.2) is 0 Å². The molecule has 1 heterocycles. The molecule has 0 aromatic rings. The molecule has 0 bridgehead atoms. The molecule has 0 amide bonds. The van der Waals surface area contributed by atoms with Crippen LogP contribution in [0, 0.1) is 11.3 Å². The van der Waals surface area contributed by atoms with E-state index in [1.54, 1.807) is 0 Å². The molecule has 9 heteroatoms. The van der Waals surface area contributed by atoms with Crippen molar-refractivity contribution in [2.45, 2.75) is 44.7 Å². The molecule has 0 radical (unpaired) electrons. The summed E-state index contributed by atoms with van der Waals surface area (Å²) in [7, 11) is -4.09. The number of sulfonamides is 1. The maximum atomic E-state index is 12.2. The van der Waals surface area contributed by atoms with Gasteiger partial charge in [-0.3, -0.25) is 4.79 Å². The first-order valence-corrected chi connectivity index (χ1v) is 8.93. The van der Waals surface area contributed by atoms with E-state index in [0.29, 0.717) is 25.2 Å². The predicted molar refractivity (Wildman–Crippen MR) is 72.7 cm³/mol. The highest BCUT2D eigenvalue weighted by Crippen LogP contribution is 2.45. The topological polar surface area (TPSA) is 74.7 Å². The SMILES string of the molecule is O=C(O)[C@]1(CC2CC2)CCCN(S(=O)(=O)CCC(F)(F)F)C1. The molecule has 2 fully saturated rings. The van der Waals surface area contributed by atoms with Crippen LogP contribution >= 0.6 is 0 Å². The number of hydrogen-bond donors (Lipinski definition) is 1. The predicted octanol–water partition coefficient (Wildman–Crippen LogP) is 2.24. The number of carboxylic acid groups (broad SMARTS) is 1. The summed E-state index contributed by atoms with van der Waals surface area (Å²) >= 11 is 0. The molecule has 0 aromatic carbocycles. The number of hydrogen-bond acceptors (Lipinski definition) is 3. The van der Waals surface area contributed by atoms with Crippen LogP contribution in [0.3, 0.4) is 0 Å². The van der Waals surface area contributed by atoms with Gasteiger partial charge in [-0.25, -0.2) is 12.7 Å². The lowest BCUT2D eigenvalue weighted by Crippen LogP contribution is -2.50. The summed E-state index contributed by atoms with van der Waals surface area (Å²) in [6, 6.07) is 0. The average Bonchev–Trinajstić information content (AvgIpc) is 3.20. The third kappa shape index (κ3) is 4.34. The van der Waals surface area contributed by atoms with Crippen LogP contribution in [0.4, 0.5) is 13.2 Å². The van der Waals surface area contributed by atoms with Gasteiger partial charge < -0.3 is 5.11 Å². The second-order valence-electron chi connectivity index (χ2n) is 6.35. The fourth-order valence-corrected chi connectivity index (χ4v) is 4.60. The molecule has 2 rings (SSSR count). The number of rotatable bonds is 6. The van der Waals surface area contributed by atoms with Crippen LogP contribution in [0.5, 0.6) is 0 Å². The summed E-state index contributed by atoms with van der Waals surface area (Å²) < 4.78 is 61.8. The van der Waals surface area contributed by atoms with Crippen LogP contribution in [-0.4, -0.2) is 48.8 Å². The van der Waals surface area contributed by atoms with Crippen molar-refractivity contribution >= 4 is 16.0 Å². The van der Waals surface area contributed by atoms with E-state index in [1.807, 2.05) is 0 Å². The number of carboxylic acids is 1. The van der Waals surface area contributed by atoms with Gasteiger partial charge in [-0.1, -0.05) is 12.8 Å². The number of aliphatic carboxylic acids is 1. The Morgan fingerprint density at radius 1 is 1.32 bits per heavy atom. The molecule has 0 spiro atoms. The Morgan fingerprint density at radius 2 is 1.95 bits per heavy atom. The molecule has 1 aliphatic carbocycles. The zero-order chi connectivity index (χ0) is 16.6. The van der Waals surface area contributed by atoms with E-state index >= 15 is 0 Å². The van der Waals surface area contributed by atoms with Crippen LogP contribution in [-0.2, 0) is 14.8 Å². The van der Waals surface area contributed by atoms with E-state index in [0.717, 1.165) is 17.1 Å². The van der Waals surface area contributed by atoms with Crippen molar-refractivity contribution in [2.75, 3.05) is 18.8 Å². The molecular formula is C13H20F3NO4S. The maximum absolute atomic E-state index is 12.2. The van der Waals surface area contributed by atoms with E-state index in [4.69, 9.17) is 0 Å². The minimum absolute atomic E-state index is 0.0971. The highest BCUT2D eigenvalue weighted by molar-refractivity contribution is 7.89. The van der Waals surface area contributed by atoms with E-state index in [2.05, 4.69) is 0 Å². The van der Waals surface area contributed by atoms with Crippen molar-refractivity contribution in [3.8, 4) is 0 Å². The summed E-state index contributed by atoms with van der Waals surface area (Å²) in [5.41, 5.74) is -1.15. The van der Waals surface area contributed by atoms with Crippen molar-refractivity contribution in [3.63, 3.8) is 0 Å². The van der Waals surface area contributed by atoms with Crippen LogP contribution in [0.15, 0.2) is 0 Å². The van der Waals surface area contributed by atoms with Gasteiger partial charge in [-0.2, -0.15) is 13.2 Å². The largest absolute Gasteiger partial charge is 0.481 e. The van der Waals surface area contributed by atoms with Gasteiger partial charge in [0.1, 0.15) is 0 Å². The quantitative estimate of drug-likeness (QED) is 0.803. The number of piperidine rings is 1. The van der Waals surface area contributed by atoms with Crippen molar-refractivity contribution in [1.29, 1.82) is 0 Å². The summed E-state index contributed by atoms with van der Waals surface area (Å²) in [6.45, 7) is -0.112. The number of nitrogens with zero attached hydrogens (tertiary/aromatic N) is 1. The highest BCUT2D eigenvalue weighted by atomic mass is 32.2. The highest BCUT2D eigenvalue weighted by Gasteiger charge is 2.48. The van der Waals surface area contributed by atoms with Gasteiger partial charge >= 0.3 is 12.1 Å². The van der Waals surface area contributed by atoms with Gasteiger partial charge in [0.05, 0.1) is 17.6 Å². The monoisotopic (exact) mass is 343 g/mol. The maximum Gasteiger partial charge on any atom is 0.390 e. The van der Waals surface area contributed by atoms with Crippen LogP contribution < -0.4 is 0 Å². The summed E-state index contributed by atoms with van der Waals surface area (Å²) in [4.78, 5) is 11.6. The van der Waals surface area contributed by atoms with Crippen molar-refractivity contribution < 1.29 is 31.5 Å². The van der Waals surface area contributed by atoms with Crippen LogP contribution in [0.25, 0.3) is 0 Å². The first-order valence-electron chi connectivity index (χ1n) is 7.32. The molecule has 1 saturated heterocycles. The van der Waals surface area contributed by atoms with Crippen molar-refractivity contribution in [3.05, 3.63) is 0 Å². The molecule has 0 aromatic heterocycles. The molecule has 5 nitrogen and oxygen atoms in total. The lowest BCUT2D eigenvalue weighted by atomic mass is 9.76. The van der Waals surface area contributed by atoms with E-state index in [-0.39, 0.29) is 13.1 Å². The Morgan fingerprint density at radius 3 is 2.45 bits per heavy atom. The van der Waals surface area contributed by atoms with Crippen molar-refractivity contribution in [1.82, 2.24) is 4.31 Å². The van der Waals surface area contributed by atoms with Crippen LogP contribution in [0.2, 0.25) is 0 Å². The van der Waals surface area contributed by atoms with E-state index < -0.39 is 39.8 Å². The number of alkyl halides is 3. The molecule has 22 heavy (non-hydrogen) atoms. The van der Waals surface area contributed by atoms with Crippen LogP contribution in [0.1, 0.15) is 38.5 Å². The molecule has 1 aliphatic heterocycles. The Balaban J connectivity index is 2.09. The van der Waals surface area contributed by atoms with Gasteiger partial charge in [-0.05, 0) is 25.2 Å². The molecule has 1 atom stereocenters. The van der Waals surface area contributed by atoms with Gasteiger partial charge in [0, 0.05) is 13.1 Å².